The molecule has 3 rings (SSSR count). The quantitative estimate of drug-likeness (QED) is 0.570. The zero-order valence-electron chi connectivity index (χ0n) is 21.1. The van der Waals surface area contributed by atoms with Gasteiger partial charge in [0.1, 0.15) is 19.2 Å². The van der Waals surface area contributed by atoms with Gasteiger partial charge in [0.25, 0.3) is 0 Å². The number of carbonyl (C=O) groups is 3. The lowest BCUT2D eigenvalue weighted by atomic mass is 9.86. The van der Waals surface area contributed by atoms with Crippen molar-refractivity contribution in [2.75, 3.05) is 40.3 Å². The summed E-state index contributed by atoms with van der Waals surface area (Å²) < 4.78 is 5.63. The normalized spacial score (nSPS) is 13.7. The average Bonchev–Trinajstić information content (AvgIpc) is 3.11. The Bertz CT molecular complexity index is 1030. The number of rotatable bonds is 9. The Morgan fingerprint density at radius 3 is 2.00 bits per heavy atom. The molecule has 1 unspecified atom stereocenters. The fourth-order valence-electron chi connectivity index (χ4n) is 4.34. The number of benzene rings is 2. The summed E-state index contributed by atoms with van der Waals surface area (Å²) in [7, 11) is 3.69. The van der Waals surface area contributed by atoms with Crippen LogP contribution in [0.4, 0.5) is 4.79 Å². The number of likely N-dealkylation sites (N-methyl/N-ethyl adjacent to an activating group) is 1. The largest absolute Gasteiger partial charge is 0.480 e. The van der Waals surface area contributed by atoms with Gasteiger partial charge in [-0.05, 0) is 41.8 Å². The first-order valence-electron chi connectivity index (χ1n) is 11.8. The third-order valence-electron chi connectivity index (χ3n) is 6.17. The number of hydrogen-bond donors (Lipinski definition) is 2. The Morgan fingerprint density at radius 1 is 0.971 bits per heavy atom. The highest BCUT2D eigenvalue weighted by atomic mass is 16.5. The molecular weight excluding hydrogens is 446 g/mol. The van der Waals surface area contributed by atoms with Gasteiger partial charge < -0.3 is 25.0 Å². The summed E-state index contributed by atoms with van der Waals surface area (Å²) in [4.78, 5) is 40.7. The molecule has 188 valence electrons. The minimum atomic E-state index is -1.11. The number of carboxylic acids is 1. The van der Waals surface area contributed by atoms with Crippen LogP contribution in [0.3, 0.4) is 0 Å². The monoisotopic (exact) mass is 481 g/mol. The number of aliphatic carboxylic acids is 1. The maximum Gasteiger partial charge on any atom is 0.407 e. The number of fused-ring (bicyclic) bond motifs is 3. The van der Waals surface area contributed by atoms with Gasteiger partial charge in [-0.3, -0.25) is 9.59 Å². The Kier molecular flexibility index (Phi) is 8.17. The maximum absolute atomic E-state index is 13.3. The van der Waals surface area contributed by atoms with E-state index in [2.05, 4.69) is 17.4 Å². The molecule has 0 spiro atoms. The Morgan fingerprint density at radius 2 is 1.51 bits per heavy atom. The smallest absolute Gasteiger partial charge is 0.407 e. The molecule has 1 aliphatic rings. The van der Waals surface area contributed by atoms with Gasteiger partial charge in [-0.1, -0.05) is 69.3 Å². The van der Waals surface area contributed by atoms with Crippen LogP contribution in [-0.4, -0.2) is 79.3 Å². The second-order valence-corrected chi connectivity index (χ2v) is 10.2. The summed E-state index contributed by atoms with van der Waals surface area (Å²) >= 11 is 0. The third-order valence-corrected chi connectivity index (χ3v) is 6.17. The summed E-state index contributed by atoms with van der Waals surface area (Å²) in [5.41, 5.74) is 3.80. The maximum atomic E-state index is 13.3. The topological polar surface area (TPSA) is 99.2 Å². The van der Waals surface area contributed by atoms with Crippen molar-refractivity contribution in [3.63, 3.8) is 0 Å². The van der Waals surface area contributed by atoms with E-state index in [0.29, 0.717) is 6.54 Å². The Hall–Kier alpha value is -3.39. The molecule has 2 N–H and O–H groups in total. The van der Waals surface area contributed by atoms with Crippen molar-refractivity contribution < 1.29 is 24.2 Å². The first kappa shape index (κ1) is 26.2. The third kappa shape index (κ3) is 6.39. The van der Waals surface area contributed by atoms with Crippen molar-refractivity contribution in [2.24, 2.45) is 5.41 Å². The molecule has 35 heavy (non-hydrogen) atoms. The Labute approximate surface area is 206 Å². The van der Waals surface area contributed by atoms with Crippen LogP contribution in [0, 0.1) is 5.41 Å². The van der Waals surface area contributed by atoms with E-state index in [1.807, 2.05) is 76.2 Å². The number of carbonyl (C=O) groups excluding carboxylic acids is 2. The predicted molar refractivity (Wildman–Crippen MR) is 134 cm³/mol. The van der Waals surface area contributed by atoms with Gasteiger partial charge in [0.15, 0.2) is 0 Å². The van der Waals surface area contributed by atoms with Crippen LogP contribution in [0.5, 0.6) is 0 Å². The van der Waals surface area contributed by atoms with Crippen molar-refractivity contribution in [3.05, 3.63) is 59.7 Å². The molecule has 2 aromatic carbocycles. The highest BCUT2D eigenvalue weighted by molar-refractivity contribution is 5.89. The van der Waals surface area contributed by atoms with Crippen molar-refractivity contribution in [1.29, 1.82) is 0 Å². The van der Waals surface area contributed by atoms with Crippen LogP contribution in [0.15, 0.2) is 48.5 Å². The lowest BCUT2D eigenvalue weighted by molar-refractivity contribution is -0.146. The number of alkyl carbamates (subject to hydrolysis) is 1. The van der Waals surface area contributed by atoms with E-state index in [0.717, 1.165) is 22.3 Å². The molecule has 0 radical (unpaired) electrons. The van der Waals surface area contributed by atoms with Crippen LogP contribution in [0.1, 0.15) is 37.8 Å². The average molecular weight is 482 g/mol. The highest BCUT2D eigenvalue weighted by Crippen LogP contribution is 2.44. The first-order chi connectivity index (χ1) is 16.5. The second-order valence-electron chi connectivity index (χ2n) is 10.2. The van der Waals surface area contributed by atoms with Crippen molar-refractivity contribution in [1.82, 2.24) is 15.1 Å². The van der Waals surface area contributed by atoms with Gasteiger partial charge in [-0.2, -0.15) is 0 Å². The standard InChI is InChI=1S/C27H35N3O5/c1-27(2,3)24(25(33)30(16-23(31)32)15-14-29(4)5)28-26(34)35-17-22-20-12-8-6-10-18(20)19-11-7-9-13-21(19)22/h6-13,22,24H,14-17H2,1-5H3,(H,28,34)(H,31,32). The predicted octanol–water partition coefficient (Wildman–Crippen LogP) is 3.41. The van der Waals surface area contributed by atoms with Crippen LogP contribution < -0.4 is 5.32 Å². The van der Waals surface area contributed by atoms with Crippen molar-refractivity contribution in [3.8, 4) is 11.1 Å². The molecule has 8 nitrogen and oxygen atoms in total. The number of ether oxygens (including phenoxy) is 1. The van der Waals surface area contributed by atoms with Crippen LogP contribution in [-0.2, 0) is 14.3 Å². The molecule has 0 aliphatic heterocycles. The first-order valence-corrected chi connectivity index (χ1v) is 11.8. The van der Waals surface area contributed by atoms with Gasteiger partial charge in [-0.15, -0.1) is 0 Å². The minimum absolute atomic E-state index is 0.0967. The van der Waals surface area contributed by atoms with Crippen molar-refractivity contribution in [2.45, 2.75) is 32.7 Å². The molecule has 2 amide bonds. The molecule has 8 heteroatoms. The minimum Gasteiger partial charge on any atom is -0.480 e. The van der Waals surface area contributed by atoms with Gasteiger partial charge in [0.2, 0.25) is 5.91 Å². The molecule has 0 fully saturated rings. The molecule has 1 atom stereocenters. The van der Waals surface area contributed by atoms with E-state index in [-0.39, 0.29) is 19.1 Å². The van der Waals surface area contributed by atoms with E-state index < -0.39 is 36.0 Å². The molecule has 2 aromatic rings. The van der Waals surface area contributed by atoms with Crippen LogP contribution >= 0.6 is 0 Å². The van der Waals surface area contributed by atoms with Gasteiger partial charge in [0.05, 0.1) is 0 Å². The number of nitrogens with zero attached hydrogens (tertiary/aromatic N) is 2. The van der Waals surface area contributed by atoms with Gasteiger partial charge >= 0.3 is 12.1 Å². The number of hydrogen-bond acceptors (Lipinski definition) is 5. The summed E-state index contributed by atoms with van der Waals surface area (Å²) in [5, 5.41) is 12.0. The summed E-state index contributed by atoms with van der Waals surface area (Å²) in [6, 6.07) is 15.2. The lowest BCUT2D eigenvalue weighted by Crippen LogP contribution is -2.56. The molecule has 0 bridgehead atoms. The van der Waals surface area contributed by atoms with Crippen molar-refractivity contribution >= 4 is 18.0 Å². The lowest BCUT2D eigenvalue weighted by Gasteiger charge is -2.34. The van der Waals surface area contributed by atoms with E-state index in [1.54, 1.807) is 0 Å². The fraction of sp³-hybridized carbons (Fsp3) is 0.444. The SMILES string of the molecule is CN(C)CCN(CC(=O)O)C(=O)C(NC(=O)OCC1c2ccccc2-c2ccccc21)C(C)(C)C. The number of carboxylic acid groups (broad SMARTS) is 1. The second kappa shape index (κ2) is 10.9. The van der Waals surface area contributed by atoms with Crippen LogP contribution in [0.2, 0.25) is 0 Å². The van der Waals surface area contributed by atoms with E-state index >= 15 is 0 Å². The highest BCUT2D eigenvalue weighted by Gasteiger charge is 2.37. The van der Waals surface area contributed by atoms with Crippen LogP contribution in [0.25, 0.3) is 11.1 Å². The molecule has 0 heterocycles. The van der Waals surface area contributed by atoms with Gasteiger partial charge in [-0.25, -0.2) is 4.79 Å². The Balaban J connectivity index is 1.72. The molecule has 0 aromatic heterocycles. The zero-order chi connectivity index (χ0) is 25.8. The summed E-state index contributed by atoms with van der Waals surface area (Å²) in [5.74, 6) is -1.65. The summed E-state index contributed by atoms with van der Waals surface area (Å²) in [6.45, 7) is 5.90. The van der Waals surface area contributed by atoms with E-state index in [9.17, 15) is 19.5 Å². The molecule has 0 saturated carbocycles. The number of nitrogens with one attached hydrogen (secondary N) is 1. The summed E-state index contributed by atoms with van der Waals surface area (Å²) in [6.07, 6.45) is -0.706. The van der Waals surface area contributed by atoms with E-state index in [1.165, 1.54) is 4.90 Å². The molecular formula is C27H35N3O5. The zero-order valence-corrected chi connectivity index (χ0v) is 21.1. The fourth-order valence-corrected chi connectivity index (χ4v) is 4.34. The van der Waals surface area contributed by atoms with Gasteiger partial charge in [0, 0.05) is 19.0 Å². The van der Waals surface area contributed by atoms with E-state index in [4.69, 9.17) is 4.74 Å². The number of amides is 2. The molecule has 1 aliphatic carbocycles. The molecule has 0 saturated heterocycles.